The molecule has 0 saturated carbocycles. The van der Waals surface area contributed by atoms with Crippen LogP contribution in [-0.4, -0.2) is 18.1 Å². The van der Waals surface area contributed by atoms with Gasteiger partial charge in [0.05, 0.1) is 0 Å². The van der Waals surface area contributed by atoms with Gasteiger partial charge in [-0.25, -0.2) is 0 Å². The average Bonchev–Trinajstić information content (AvgIpc) is 2.21. The predicted molar refractivity (Wildman–Crippen MR) is 79.7 cm³/mol. The van der Waals surface area contributed by atoms with Gasteiger partial charge in [0.15, 0.2) is 0 Å². The zero-order valence-corrected chi connectivity index (χ0v) is 12.1. The third-order valence-electron chi connectivity index (χ3n) is 2.21. The van der Waals surface area contributed by atoms with Crippen LogP contribution in [0.25, 0.3) is 0 Å². The lowest BCUT2D eigenvalue weighted by Crippen LogP contribution is -2.21. The maximum absolute atomic E-state index is 5.71. The number of nitrogens with one attached hydrogen (secondary N) is 1. The first-order chi connectivity index (χ1) is 7.17. The van der Waals surface area contributed by atoms with E-state index in [4.69, 9.17) is 5.73 Å². The van der Waals surface area contributed by atoms with Crippen molar-refractivity contribution in [2.75, 3.05) is 23.1 Å². The van der Waals surface area contributed by atoms with E-state index in [1.165, 1.54) is 9.26 Å². The van der Waals surface area contributed by atoms with Gasteiger partial charge in [0, 0.05) is 26.7 Å². The Morgan fingerprint density at radius 1 is 1.53 bits per heavy atom. The first kappa shape index (κ1) is 13.0. The molecule has 1 atom stereocenters. The Labute approximate surface area is 110 Å². The minimum atomic E-state index is 0.539. The fourth-order valence-electron chi connectivity index (χ4n) is 1.33. The van der Waals surface area contributed by atoms with E-state index in [1.54, 1.807) is 0 Å². The molecule has 0 amide bonds. The van der Waals surface area contributed by atoms with Crippen LogP contribution >= 0.6 is 34.4 Å². The van der Waals surface area contributed by atoms with Gasteiger partial charge in [-0.05, 0) is 53.5 Å². The van der Waals surface area contributed by atoms with Crippen LogP contribution in [0.4, 0.5) is 11.4 Å². The van der Waals surface area contributed by atoms with Crippen LogP contribution in [0.5, 0.6) is 0 Å². The smallest absolute Gasteiger partial charge is 0.0479 e. The number of rotatable bonds is 5. The molecule has 1 aromatic carbocycles. The molecule has 0 aliphatic rings. The standard InChI is InChI=1S/C11H17IN2S/c1-3-9(7-15-2)14-11-5-4-8(13)6-10(11)12/h4-6,9,14H,3,7,13H2,1-2H3. The summed E-state index contributed by atoms with van der Waals surface area (Å²) in [4.78, 5) is 0. The quantitative estimate of drug-likeness (QED) is 0.639. The first-order valence-electron chi connectivity index (χ1n) is 4.97. The number of thioether (sulfide) groups is 1. The summed E-state index contributed by atoms with van der Waals surface area (Å²) in [6.07, 6.45) is 3.28. The van der Waals surface area contributed by atoms with Gasteiger partial charge in [0.2, 0.25) is 0 Å². The number of nitrogens with two attached hydrogens (primary N) is 1. The van der Waals surface area contributed by atoms with Crippen molar-refractivity contribution in [2.45, 2.75) is 19.4 Å². The van der Waals surface area contributed by atoms with E-state index in [-0.39, 0.29) is 0 Å². The van der Waals surface area contributed by atoms with E-state index in [2.05, 4.69) is 47.2 Å². The number of hydrogen-bond acceptors (Lipinski definition) is 3. The van der Waals surface area contributed by atoms with E-state index in [0.29, 0.717) is 6.04 Å². The second-order valence-electron chi connectivity index (χ2n) is 3.44. The molecule has 2 nitrogen and oxygen atoms in total. The second-order valence-corrected chi connectivity index (χ2v) is 5.52. The highest BCUT2D eigenvalue weighted by molar-refractivity contribution is 14.1. The van der Waals surface area contributed by atoms with Gasteiger partial charge in [-0.3, -0.25) is 0 Å². The zero-order chi connectivity index (χ0) is 11.3. The normalized spacial score (nSPS) is 12.5. The van der Waals surface area contributed by atoms with Crippen molar-refractivity contribution < 1.29 is 0 Å². The SMILES string of the molecule is CCC(CSC)Nc1ccc(N)cc1I. The Hall–Kier alpha value is -0.100. The Kier molecular flexibility index (Phi) is 5.60. The van der Waals surface area contributed by atoms with Crippen molar-refractivity contribution in [3.05, 3.63) is 21.8 Å². The third-order valence-corrected chi connectivity index (χ3v) is 3.84. The molecule has 0 heterocycles. The zero-order valence-electron chi connectivity index (χ0n) is 9.09. The Morgan fingerprint density at radius 2 is 2.27 bits per heavy atom. The molecule has 0 aliphatic heterocycles. The Balaban J connectivity index is 2.70. The highest BCUT2D eigenvalue weighted by atomic mass is 127. The topological polar surface area (TPSA) is 38.0 Å². The number of anilines is 2. The molecule has 0 radical (unpaired) electrons. The lowest BCUT2D eigenvalue weighted by Gasteiger charge is -2.18. The number of nitrogen functional groups attached to an aromatic ring is 1. The molecular weight excluding hydrogens is 319 g/mol. The summed E-state index contributed by atoms with van der Waals surface area (Å²) in [6.45, 7) is 2.21. The lowest BCUT2D eigenvalue weighted by molar-refractivity contribution is 0.774. The number of halogens is 1. The van der Waals surface area contributed by atoms with Gasteiger partial charge >= 0.3 is 0 Å². The van der Waals surface area contributed by atoms with Crippen molar-refractivity contribution in [1.29, 1.82) is 0 Å². The monoisotopic (exact) mass is 336 g/mol. The van der Waals surface area contributed by atoms with Crippen LogP contribution in [0.2, 0.25) is 0 Å². The maximum Gasteiger partial charge on any atom is 0.0479 e. The van der Waals surface area contributed by atoms with Gasteiger partial charge < -0.3 is 11.1 Å². The molecular formula is C11H17IN2S. The second kappa shape index (κ2) is 6.48. The molecule has 4 heteroatoms. The molecule has 0 bridgehead atoms. The lowest BCUT2D eigenvalue weighted by atomic mass is 10.2. The summed E-state index contributed by atoms with van der Waals surface area (Å²) in [5.41, 5.74) is 7.72. The van der Waals surface area contributed by atoms with Crippen LogP contribution in [-0.2, 0) is 0 Å². The van der Waals surface area contributed by atoms with E-state index in [1.807, 2.05) is 23.9 Å². The van der Waals surface area contributed by atoms with Crippen LogP contribution in [0.1, 0.15) is 13.3 Å². The Bertz CT molecular complexity index is 317. The van der Waals surface area contributed by atoms with Gasteiger partial charge in [-0.1, -0.05) is 6.92 Å². The van der Waals surface area contributed by atoms with Gasteiger partial charge in [-0.2, -0.15) is 11.8 Å². The largest absolute Gasteiger partial charge is 0.399 e. The van der Waals surface area contributed by atoms with E-state index >= 15 is 0 Å². The fourth-order valence-corrected chi connectivity index (χ4v) is 2.75. The van der Waals surface area contributed by atoms with Crippen molar-refractivity contribution in [3.8, 4) is 0 Å². The molecule has 15 heavy (non-hydrogen) atoms. The molecule has 1 aromatic rings. The van der Waals surface area contributed by atoms with Crippen LogP contribution in [0, 0.1) is 3.57 Å². The van der Waals surface area contributed by atoms with Crippen molar-refractivity contribution in [3.63, 3.8) is 0 Å². The van der Waals surface area contributed by atoms with Gasteiger partial charge in [0.25, 0.3) is 0 Å². The third kappa shape index (κ3) is 4.10. The molecule has 0 spiro atoms. The van der Waals surface area contributed by atoms with Gasteiger partial charge in [-0.15, -0.1) is 0 Å². The van der Waals surface area contributed by atoms with Crippen LogP contribution in [0.15, 0.2) is 18.2 Å². The van der Waals surface area contributed by atoms with E-state index in [0.717, 1.165) is 17.9 Å². The summed E-state index contributed by atoms with van der Waals surface area (Å²) in [5, 5.41) is 3.54. The number of hydrogen-bond donors (Lipinski definition) is 2. The van der Waals surface area contributed by atoms with Crippen molar-refractivity contribution in [1.82, 2.24) is 0 Å². The Morgan fingerprint density at radius 3 is 2.80 bits per heavy atom. The molecule has 1 unspecified atom stereocenters. The number of benzene rings is 1. The van der Waals surface area contributed by atoms with E-state index < -0.39 is 0 Å². The van der Waals surface area contributed by atoms with Crippen molar-refractivity contribution >= 4 is 45.7 Å². The minimum absolute atomic E-state index is 0.539. The highest BCUT2D eigenvalue weighted by Crippen LogP contribution is 2.22. The predicted octanol–water partition coefficient (Wildman–Crippen LogP) is 3.43. The first-order valence-corrected chi connectivity index (χ1v) is 7.45. The molecule has 1 rings (SSSR count). The maximum atomic E-state index is 5.71. The average molecular weight is 336 g/mol. The van der Waals surface area contributed by atoms with Crippen LogP contribution < -0.4 is 11.1 Å². The molecule has 0 aliphatic carbocycles. The summed E-state index contributed by atoms with van der Waals surface area (Å²) >= 11 is 4.19. The van der Waals surface area contributed by atoms with E-state index in [9.17, 15) is 0 Å². The van der Waals surface area contributed by atoms with Gasteiger partial charge in [0.1, 0.15) is 0 Å². The molecule has 84 valence electrons. The molecule has 0 saturated heterocycles. The molecule has 3 N–H and O–H groups in total. The molecule has 0 aromatic heterocycles. The summed E-state index contributed by atoms with van der Waals surface area (Å²) in [7, 11) is 0. The summed E-state index contributed by atoms with van der Waals surface area (Å²) in [5.74, 6) is 1.14. The highest BCUT2D eigenvalue weighted by Gasteiger charge is 2.07. The molecule has 0 fully saturated rings. The summed E-state index contributed by atoms with van der Waals surface area (Å²) < 4.78 is 1.19. The van der Waals surface area contributed by atoms with Crippen LogP contribution in [0.3, 0.4) is 0 Å². The summed E-state index contributed by atoms with van der Waals surface area (Å²) in [6, 6.07) is 6.53. The minimum Gasteiger partial charge on any atom is -0.399 e. The fraction of sp³-hybridized carbons (Fsp3) is 0.455. The van der Waals surface area contributed by atoms with Crippen molar-refractivity contribution in [2.24, 2.45) is 0 Å².